The van der Waals surface area contributed by atoms with Crippen molar-refractivity contribution < 1.29 is 9.59 Å². The molecule has 0 spiro atoms. The average molecular weight is 225 g/mol. The second-order valence-electron chi connectivity index (χ2n) is 4.97. The fourth-order valence-corrected chi connectivity index (χ4v) is 2.78. The van der Waals surface area contributed by atoms with Gasteiger partial charge in [-0.2, -0.15) is 0 Å². The highest BCUT2D eigenvalue weighted by molar-refractivity contribution is 5.99. The lowest BCUT2D eigenvalue weighted by Crippen LogP contribution is -2.58. The topological polar surface area (TPSA) is 52.6 Å². The van der Waals surface area contributed by atoms with Gasteiger partial charge in [0.1, 0.15) is 0 Å². The van der Waals surface area contributed by atoms with Crippen LogP contribution >= 0.6 is 0 Å². The fourth-order valence-electron chi connectivity index (χ4n) is 2.78. The molecular formula is C11H19N3O2. The van der Waals surface area contributed by atoms with E-state index in [1.807, 2.05) is 4.90 Å². The maximum absolute atomic E-state index is 11.3. The van der Waals surface area contributed by atoms with Crippen molar-refractivity contribution >= 4 is 11.8 Å². The third-order valence-corrected chi connectivity index (χ3v) is 3.50. The Hall–Kier alpha value is -0.940. The second-order valence-corrected chi connectivity index (χ2v) is 4.97. The van der Waals surface area contributed by atoms with Crippen molar-refractivity contribution in [1.29, 1.82) is 0 Å². The zero-order chi connectivity index (χ0) is 11.7. The highest BCUT2D eigenvalue weighted by Crippen LogP contribution is 2.21. The van der Waals surface area contributed by atoms with Crippen LogP contribution in [0.5, 0.6) is 0 Å². The molecule has 2 aliphatic heterocycles. The van der Waals surface area contributed by atoms with Gasteiger partial charge in [0.2, 0.25) is 11.8 Å². The summed E-state index contributed by atoms with van der Waals surface area (Å²) in [6.45, 7) is 5.00. The molecule has 2 unspecified atom stereocenters. The van der Waals surface area contributed by atoms with Crippen molar-refractivity contribution in [1.82, 2.24) is 15.1 Å². The molecule has 0 bridgehead atoms. The summed E-state index contributed by atoms with van der Waals surface area (Å²) in [4.78, 5) is 27.0. The van der Waals surface area contributed by atoms with Gasteiger partial charge in [0.05, 0.1) is 13.1 Å². The van der Waals surface area contributed by atoms with E-state index in [-0.39, 0.29) is 11.8 Å². The van der Waals surface area contributed by atoms with Crippen LogP contribution in [-0.4, -0.2) is 60.9 Å². The van der Waals surface area contributed by atoms with Crippen molar-refractivity contribution in [2.45, 2.75) is 19.4 Å². The van der Waals surface area contributed by atoms with Crippen LogP contribution in [0.15, 0.2) is 0 Å². The Morgan fingerprint density at radius 1 is 1.25 bits per heavy atom. The van der Waals surface area contributed by atoms with Crippen LogP contribution in [0.1, 0.15) is 13.3 Å². The number of imide groups is 1. The first-order valence-electron chi connectivity index (χ1n) is 5.81. The quantitative estimate of drug-likeness (QED) is 0.599. The number of rotatable bonds is 1. The Kier molecular flexibility index (Phi) is 3.25. The summed E-state index contributed by atoms with van der Waals surface area (Å²) in [6, 6.07) is 0.367. The first-order valence-corrected chi connectivity index (χ1v) is 5.81. The van der Waals surface area contributed by atoms with Gasteiger partial charge in [0.15, 0.2) is 0 Å². The van der Waals surface area contributed by atoms with Gasteiger partial charge in [-0.1, -0.05) is 6.92 Å². The van der Waals surface area contributed by atoms with Crippen LogP contribution in [0, 0.1) is 5.92 Å². The van der Waals surface area contributed by atoms with Crippen LogP contribution in [0.25, 0.3) is 0 Å². The van der Waals surface area contributed by atoms with Gasteiger partial charge in [0.25, 0.3) is 0 Å². The summed E-state index contributed by atoms with van der Waals surface area (Å²) in [6.07, 6.45) is 1.04. The molecule has 2 amide bonds. The van der Waals surface area contributed by atoms with E-state index in [1.54, 1.807) is 0 Å². The predicted octanol–water partition coefficient (Wildman–Crippen LogP) is -0.715. The van der Waals surface area contributed by atoms with E-state index in [0.717, 1.165) is 19.5 Å². The Bertz CT molecular complexity index is 290. The normalized spacial score (nSPS) is 33.9. The van der Waals surface area contributed by atoms with Gasteiger partial charge >= 0.3 is 0 Å². The number of likely N-dealkylation sites (tertiary alicyclic amines) is 1. The molecule has 2 atom stereocenters. The van der Waals surface area contributed by atoms with Gasteiger partial charge < -0.3 is 4.90 Å². The number of nitrogens with one attached hydrogen (secondary N) is 1. The first-order chi connectivity index (χ1) is 7.56. The Balaban J connectivity index is 2.01. The summed E-state index contributed by atoms with van der Waals surface area (Å²) < 4.78 is 0. The average Bonchev–Trinajstić information content (AvgIpc) is 2.15. The molecule has 0 aromatic rings. The Labute approximate surface area is 95.8 Å². The lowest BCUT2D eigenvalue weighted by molar-refractivity contribution is -0.138. The van der Waals surface area contributed by atoms with E-state index in [2.05, 4.69) is 24.2 Å². The van der Waals surface area contributed by atoms with Crippen LogP contribution in [0.3, 0.4) is 0 Å². The molecule has 2 heterocycles. The molecule has 5 nitrogen and oxygen atoms in total. The summed E-state index contributed by atoms with van der Waals surface area (Å²) in [5.41, 5.74) is 0. The van der Waals surface area contributed by atoms with E-state index in [0.29, 0.717) is 25.0 Å². The minimum absolute atomic E-state index is 0.164. The summed E-state index contributed by atoms with van der Waals surface area (Å²) in [5.74, 6) is 0.183. The minimum atomic E-state index is -0.164. The minimum Gasteiger partial charge on any atom is -0.306 e. The van der Waals surface area contributed by atoms with Crippen molar-refractivity contribution in [3.05, 3.63) is 0 Å². The van der Waals surface area contributed by atoms with E-state index in [1.165, 1.54) is 0 Å². The Morgan fingerprint density at radius 2 is 1.88 bits per heavy atom. The molecule has 0 aliphatic carbocycles. The van der Waals surface area contributed by atoms with Crippen molar-refractivity contribution in [2.24, 2.45) is 5.92 Å². The van der Waals surface area contributed by atoms with Gasteiger partial charge in [-0.3, -0.25) is 19.8 Å². The predicted molar refractivity (Wildman–Crippen MR) is 59.8 cm³/mol. The zero-order valence-electron chi connectivity index (χ0n) is 9.90. The van der Waals surface area contributed by atoms with Gasteiger partial charge in [-0.25, -0.2) is 0 Å². The summed E-state index contributed by atoms with van der Waals surface area (Å²) in [7, 11) is 2.11. The van der Waals surface area contributed by atoms with Crippen LogP contribution < -0.4 is 5.32 Å². The molecule has 1 N–H and O–H groups in total. The highest BCUT2D eigenvalue weighted by atomic mass is 16.2. The fraction of sp³-hybridized carbons (Fsp3) is 0.818. The number of hydrogen-bond acceptors (Lipinski definition) is 4. The number of carbonyl (C=O) groups is 2. The number of piperazine rings is 1. The van der Waals surface area contributed by atoms with E-state index in [4.69, 9.17) is 0 Å². The highest BCUT2D eigenvalue weighted by Gasteiger charge is 2.33. The summed E-state index contributed by atoms with van der Waals surface area (Å²) in [5, 5.41) is 2.34. The molecule has 90 valence electrons. The molecule has 2 rings (SSSR count). The third kappa shape index (κ3) is 2.41. The standard InChI is InChI=1S/C11H19N3O2/c1-8-5-13(2)4-3-9(8)14-6-10(15)12-11(16)7-14/h8-9H,3-7H2,1-2H3,(H,12,15,16). The molecular weight excluding hydrogens is 206 g/mol. The maximum atomic E-state index is 11.3. The molecule has 5 heteroatoms. The maximum Gasteiger partial charge on any atom is 0.240 e. The van der Waals surface area contributed by atoms with E-state index in [9.17, 15) is 9.59 Å². The molecule has 0 radical (unpaired) electrons. The molecule has 2 aliphatic rings. The van der Waals surface area contributed by atoms with Gasteiger partial charge in [-0.05, 0) is 25.9 Å². The number of carbonyl (C=O) groups excluding carboxylic acids is 2. The molecule has 0 aromatic heterocycles. The van der Waals surface area contributed by atoms with Gasteiger partial charge in [-0.15, -0.1) is 0 Å². The number of nitrogens with zero attached hydrogens (tertiary/aromatic N) is 2. The van der Waals surface area contributed by atoms with Crippen molar-refractivity contribution in [3.63, 3.8) is 0 Å². The van der Waals surface area contributed by atoms with Gasteiger partial charge in [0, 0.05) is 12.6 Å². The SMILES string of the molecule is CC1CN(C)CCC1N1CC(=O)NC(=O)C1. The zero-order valence-corrected chi connectivity index (χ0v) is 9.90. The number of hydrogen-bond donors (Lipinski definition) is 1. The number of amides is 2. The van der Waals surface area contributed by atoms with Crippen molar-refractivity contribution in [3.8, 4) is 0 Å². The first kappa shape index (κ1) is 11.5. The molecule has 0 aromatic carbocycles. The lowest BCUT2D eigenvalue weighted by atomic mass is 9.92. The van der Waals surface area contributed by atoms with Crippen LogP contribution in [0.2, 0.25) is 0 Å². The largest absolute Gasteiger partial charge is 0.306 e. The smallest absolute Gasteiger partial charge is 0.240 e. The van der Waals surface area contributed by atoms with E-state index >= 15 is 0 Å². The second kappa shape index (κ2) is 4.51. The monoisotopic (exact) mass is 225 g/mol. The number of piperidine rings is 1. The summed E-state index contributed by atoms with van der Waals surface area (Å²) >= 11 is 0. The Morgan fingerprint density at radius 3 is 2.44 bits per heavy atom. The third-order valence-electron chi connectivity index (χ3n) is 3.50. The molecule has 0 saturated carbocycles. The van der Waals surface area contributed by atoms with Crippen LogP contribution in [-0.2, 0) is 9.59 Å². The van der Waals surface area contributed by atoms with Crippen molar-refractivity contribution in [2.75, 3.05) is 33.2 Å². The molecule has 2 saturated heterocycles. The van der Waals surface area contributed by atoms with E-state index < -0.39 is 0 Å². The molecule has 16 heavy (non-hydrogen) atoms. The van der Waals surface area contributed by atoms with Crippen LogP contribution in [0.4, 0.5) is 0 Å². The molecule has 2 fully saturated rings. The lowest BCUT2D eigenvalue weighted by Gasteiger charge is -2.42.